The summed E-state index contributed by atoms with van der Waals surface area (Å²) in [4.78, 5) is 24.8. The Morgan fingerprint density at radius 2 is 2.15 bits per heavy atom. The molecule has 0 bridgehead atoms. The van der Waals surface area contributed by atoms with Crippen LogP contribution in [0.1, 0.15) is 46.0 Å². The van der Waals surface area contributed by atoms with Crippen molar-refractivity contribution < 1.29 is 9.59 Å². The predicted molar refractivity (Wildman–Crippen MR) is 50.3 cm³/mol. The fourth-order valence-corrected chi connectivity index (χ4v) is 1.65. The van der Waals surface area contributed by atoms with Crippen molar-refractivity contribution in [1.29, 1.82) is 0 Å². The van der Waals surface area contributed by atoms with Gasteiger partial charge >= 0.3 is 0 Å². The average molecular weight is 179 g/mol. The number of aromatic amines is 1. The van der Waals surface area contributed by atoms with Crippen molar-refractivity contribution in [1.82, 2.24) is 4.98 Å². The lowest BCUT2D eigenvalue weighted by Gasteiger charge is -1.97. The van der Waals surface area contributed by atoms with Crippen LogP contribution < -0.4 is 0 Å². The van der Waals surface area contributed by atoms with Gasteiger partial charge in [0, 0.05) is 11.3 Å². The van der Waals surface area contributed by atoms with Gasteiger partial charge in [-0.2, -0.15) is 0 Å². The molecule has 1 aromatic heterocycles. The van der Waals surface area contributed by atoms with Gasteiger partial charge in [0.05, 0.1) is 5.69 Å². The summed E-state index contributed by atoms with van der Waals surface area (Å²) >= 11 is 0. The number of nitrogens with one attached hydrogen (secondary N) is 1. The van der Waals surface area contributed by atoms with Crippen LogP contribution in [-0.2, 0) is 6.42 Å². The first-order valence-corrected chi connectivity index (χ1v) is 4.29. The Hall–Kier alpha value is -1.38. The molecule has 13 heavy (non-hydrogen) atoms. The normalized spacial score (nSPS) is 10.1. The van der Waals surface area contributed by atoms with Gasteiger partial charge in [0.1, 0.15) is 0 Å². The van der Waals surface area contributed by atoms with Crippen molar-refractivity contribution in [3.05, 3.63) is 22.5 Å². The molecule has 1 N–H and O–H groups in total. The van der Waals surface area contributed by atoms with E-state index >= 15 is 0 Å². The third kappa shape index (κ3) is 1.54. The first kappa shape index (κ1) is 9.71. The number of carbonyl (C=O) groups excluding carboxylic acids is 2. The van der Waals surface area contributed by atoms with Crippen molar-refractivity contribution in [2.24, 2.45) is 0 Å². The highest BCUT2D eigenvalue weighted by molar-refractivity contribution is 5.99. The summed E-state index contributed by atoms with van der Waals surface area (Å²) in [5.74, 6) is 0.0127. The average Bonchev–Trinajstić information content (AvgIpc) is 2.41. The number of H-pyrrole nitrogens is 1. The van der Waals surface area contributed by atoms with Crippen molar-refractivity contribution in [2.45, 2.75) is 27.2 Å². The standard InChI is InChI=1S/C10H13NO2/c1-4-8-9(5-12)11-6(2)10(8)7(3)13/h5,11H,4H2,1-3H3. The smallest absolute Gasteiger partial charge is 0.166 e. The van der Waals surface area contributed by atoms with E-state index in [4.69, 9.17) is 0 Å². The number of rotatable bonds is 3. The maximum absolute atomic E-state index is 11.2. The predicted octanol–water partition coefficient (Wildman–Crippen LogP) is 1.90. The van der Waals surface area contributed by atoms with E-state index in [2.05, 4.69) is 4.98 Å². The molecule has 0 radical (unpaired) electrons. The number of aryl methyl sites for hydroxylation is 1. The van der Waals surface area contributed by atoms with Crippen molar-refractivity contribution >= 4 is 12.1 Å². The van der Waals surface area contributed by atoms with Gasteiger partial charge in [-0.15, -0.1) is 0 Å². The Kier molecular flexibility index (Phi) is 2.66. The van der Waals surface area contributed by atoms with Crippen LogP contribution in [0.25, 0.3) is 0 Å². The second kappa shape index (κ2) is 3.56. The van der Waals surface area contributed by atoms with E-state index in [9.17, 15) is 9.59 Å². The molecule has 0 aromatic carbocycles. The van der Waals surface area contributed by atoms with Gasteiger partial charge in [0.2, 0.25) is 0 Å². The zero-order valence-corrected chi connectivity index (χ0v) is 8.10. The van der Waals surface area contributed by atoms with Crippen molar-refractivity contribution in [3.63, 3.8) is 0 Å². The van der Waals surface area contributed by atoms with Crippen LogP contribution in [0.4, 0.5) is 0 Å². The van der Waals surface area contributed by atoms with Crippen LogP contribution in [0.15, 0.2) is 0 Å². The summed E-state index contributed by atoms with van der Waals surface area (Å²) in [6.45, 7) is 5.26. The molecule has 0 unspecified atom stereocenters. The molecule has 0 aliphatic rings. The van der Waals surface area contributed by atoms with Crippen LogP contribution in [0.2, 0.25) is 0 Å². The van der Waals surface area contributed by atoms with Crippen LogP contribution in [0, 0.1) is 6.92 Å². The number of carbonyl (C=O) groups is 2. The number of aromatic nitrogens is 1. The zero-order valence-electron chi connectivity index (χ0n) is 8.10. The molecular formula is C10H13NO2. The minimum Gasteiger partial charge on any atom is -0.356 e. The molecule has 1 aromatic rings. The molecule has 1 rings (SSSR count). The van der Waals surface area contributed by atoms with E-state index in [1.54, 1.807) is 0 Å². The third-order valence-electron chi connectivity index (χ3n) is 2.15. The fraction of sp³-hybridized carbons (Fsp3) is 0.400. The van der Waals surface area contributed by atoms with Crippen LogP contribution in [0.3, 0.4) is 0 Å². The summed E-state index contributed by atoms with van der Waals surface area (Å²) in [6, 6.07) is 0. The summed E-state index contributed by atoms with van der Waals surface area (Å²) in [5, 5.41) is 0. The molecule has 3 nitrogen and oxygen atoms in total. The Labute approximate surface area is 77.2 Å². The SMILES string of the molecule is CCc1c(C=O)[nH]c(C)c1C(C)=O. The summed E-state index contributed by atoms with van der Waals surface area (Å²) in [6.07, 6.45) is 1.46. The minimum atomic E-state index is 0.0127. The maximum atomic E-state index is 11.2. The second-order valence-corrected chi connectivity index (χ2v) is 3.04. The number of ketones is 1. The van der Waals surface area contributed by atoms with Gasteiger partial charge in [-0.05, 0) is 25.8 Å². The zero-order chi connectivity index (χ0) is 10.0. The van der Waals surface area contributed by atoms with Gasteiger partial charge in [-0.1, -0.05) is 6.92 Å². The first-order chi connectivity index (χ1) is 6.11. The maximum Gasteiger partial charge on any atom is 0.166 e. The van der Waals surface area contributed by atoms with Gasteiger partial charge < -0.3 is 4.98 Å². The molecule has 0 aliphatic heterocycles. The van der Waals surface area contributed by atoms with Crippen LogP contribution >= 0.6 is 0 Å². The highest BCUT2D eigenvalue weighted by Crippen LogP contribution is 2.18. The second-order valence-electron chi connectivity index (χ2n) is 3.04. The Bertz CT molecular complexity index is 350. The molecule has 3 heteroatoms. The van der Waals surface area contributed by atoms with Crippen LogP contribution in [-0.4, -0.2) is 17.1 Å². The third-order valence-corrected chi connectivity index (χ3v) is 2.15. The molecule has 0 saturated heterocycles. The lowest BCUT2D eigenvalue weighted by atomic mass is 10.0. The van der Waals surface area contributed by atoms with Crippen molar-refractivity contribution in [3.8, 4) is 0 Å². The van der Waals surface area contributed by atoms with E-state index in [0.717, 1.165) is 17.5 Å². The van der Waals surface area contributed by atoms with Crippen LogP contribution in [0.5, 0.6) is 0 Å². The number of hydrogen-bond acceptors (Lipinski definition) is 2. The fourth-order valence-electron chi connectivity index (χ4n) is 1.65. The van der Waals surface area contributed by atoms with E-state index in [1.807, 2.05) is 13.8 Å². The van der Waals surface area contributed by atoms with Gasteiger partial charge in [-0.25, -0.2) is 0 Å². The monoisotopic (exact) mass is 179 g/mol. The van der Waals surface area contributed by atoms with E-state index in [-0.39, 0.29) is 5.78 Å². The van der Waals surface area contributed by atoms with Gasteiger partial charge in [0.15, 0.2) is 12.1 Å². The first-order valence-electron chi connectivity index (χ1n) is 4.29. The molecule has 70 valence electrons. The molecule has 0 saturated carbocycles. The lowest BCUT2D eigenvalue weighted by molar-refractivity contribution is 0.101. The molecule has 0 atom stereocenters. The molecule has 0 fully saturated rings. The Morgan fingerprint density at radius 3 is 2.54 bits per heavy atom. The highest BCUT2D eigenvalue weighted by Gasteiger charge is 2.15. The molecular weight excluding hydrogens is 166 g/mol. The number of hydrogen-bond donors (Lipinski definition) is 1. The number of Topliss-reactive ketones (excluding diaryl/α,β-unsaturated/α-hetero) is 1. The van der Waals surface area contributed by atoms with Gasteiger partial charge in [-0.3, -0.25) is 9.59 Å². The van der Waals surface area contributed by atoms with Gasteiger partial charge in [0.25, 0.3) is 0 Å². The lowest BCUT2D eigenvalue weighted by Crippen LogP contribution is -1.98. The Morgan fingerprint density at radius 1 is 1.54 bits per heavy atom. The summed E-state index contributed by atoms with van der Waals surface area (Å²) < 4.78 is 0. The van der Waals surface area contributed by atoms with E-state index in [1.165, 1.54) is 6.92 Å². The highest BCUT2D eigenvalue weighted by atomic mass is 16.1. The van der Waals surface area contributed by atoms with Crippen molar-refractivity contribution in [2.75, 3.05) is 0 Å². The summed E-state index contributed by atoms with van der Waals surface area (Å²) in [5.41, 5.74) is 2.82. The van der Waals surface area contributed by atoms with E-state index < -0.39 is 0 Å². The minimum absolute atomic E-state index is 0.0127. The van der Waals surface area contributed by atoms with E-state index in [0.29, 0.717) is 17.7 Å². The Balaban J connectivity index is 3.39. The molecule has 0 spiro atoms. The molecule has 1 heterocycles. The summed E-state index contributed by atoms with van der Waals surface area (Å²) in [7, 11) is 0. The topological polar surface area (TPSA) is 49.9 Å². The number of aldehydes is 1. The molecule has 0 amide bonds. The molecule has 0 aliphatic carbocycles. The quantitative estimate of drug-likeness (QED) is 0.569. The largest absolute Gasteiger partial charge is 0.356 e.